The van der Waals surface area contributed by atoms with E-state index in [0.717, 1.165) is 15.8 Å². The first-order chi connectivity index (χ1) is 11.8. The van der Waals surface area contributed by atoms with Crippen LogP contribution in [0.4, 0.5) is 19.0 Å². The van der Waals surface area contributed by atoms with Gasteiger partial charge in [-0.1, -0.05) is 6.07 Å². The molecule has 0 aromatic carbocycles. The molecule has 0 spiro atoms. The largest absolute Gasteiger partial charge is 0.435 e. The zero-order valence-electron chi connectivity index (χ0n) is 12.9. The van der Waals surface area contributed by atoms with E-state index in [1.165, 1.54) is 13.2 Å². The van der Waals surface area contributed by atoms with Crippen LogP contribution in [0.5, 0.6) is 0 Å². The highest BCUT2D eigenvalue weighted by Gasteiger charge is 2.35. The van der Waals surface area contributed by atoms with Crippen molar-refractivity contribution in [2.24, 2.45) is 7.05 Å². The highest BCUT2D eigenvalue weighted by molar-refractivity contribution is 6.02. The normalized spacial score (nSPS) is 11.4. The molecule has 3 heterocycles. The fourth-order valence-electron chi connectivity index (χ4n) is 2.21. The number of anilines is 1. The molecule has 6 nitrogen and oxygen atoms in total. The van der Waals surface area contributed by atoms with Gasteiger partial charge in [-0.25, -0.2) is 4.98 Å². The molecule has 1 amide bonds. The van der Waals surface area contributed by atoms with E-state index in [1.807, 2.05) is 6.07 Å². The maximum Gasteiger partial charge on any atom is 0.435 e. The molecule has 0 fully saturated rings. The molecule has 0 atom stereocenters. The van der Waals surface area contributed by atoms with Gasteiger partial charge in [0.05, 0.1) is 0 Å². The fraction of sp³-hybridized carbons (Fsp3) is 0.125. The number of amides is 1. The third-order valence-electron chi connectivity index (χ3n) is 3.40. The second-order valence-corrected chi connectivity index (χ2v) is 5.16. The number of nitrogens with one attached hydrogen (secondary N) is 1. The van der Waals surface area contributed by atoms with Crippen molar-refractivity contribution in [2.75, 3.05) is 5.32 Å². The van der Waals surface area contributed by atoms with Crippen molar-refractivity contribution in [2.45, 2.75) is 6.18 Å². The van der Waals surface area contributed by atoms with Gasteiger partial charge >= 0.3 is 6.18 Å². The van der Waals surface area contributed by atoms with Crippen LogP contribution in [0, 0.1) is 0 Å². The van der Waals surface area contributed by atoms with E-state index in [9.17, 15) is 18.0 Å². The molecule has 0 aliphatic heterocycles. The molecule has 3 aromatic rings. The summed E-state index contributed by atoms with van der Waals surface area (Å²) in [4.78, 5) is 20.3. The van der Waals surface area contributed by atoms with Gasteiger partial charge in [0, 0.05) is 37.3 Å². The highest BCUT2D eigenvalue weighted by Crippen LogP contribution is 2.28. The molecular weight excluding hydrogens is 335 g/mol. The number of alkyl halides is 3. The Morgan fingerprint density at radius 1 is 1.16 bits per heavy atom. The number of hydrogen-bond donors (Lipinski definition) is 1. The van der Waals surface area contributed by atoms with Crippen LogP contribution < -0.4 is 5.32 Å². The Bertz CT molecular complexity index is 906. The van der Waals surface area contributed by atoms with E-state index < -0.39 is 17.8 Å². The van der Waals surface area contributed by atoms with Gasteiger partial charge in [0.1, 0.15) is 11.5 Å². The van der Waals surface area contributed by atoms with Crippen molar-refractivity contribution in [1.29, 1.82) is 0 Å². The van der Waals surface area contributed by atoms with Gasteiger partial charge in [-0.15, -0.1) is 0 Å². The predicted molar refractivity (Wildman–Crippen MR) is 83.6 cm³/mol. The van der Waals surface area contributed by atoms with Crippen molar-refractivity contribution in [1.82, 2.24) is 19.7 Å². The van der Waals surface area contributed by atoms with Gasteiger partial charge in [0.25, 0.3) is 5.91 Å². The van der Waals surface area contributed by atoms with Crippen molar-refractivity contribution < 1.29 is 18.0 Å². The summed E-state index contributed by atoms with van der Waals surface area (Å²) in [6.45, 7) is 0. The monoisotopic (exact) mass is 347 g/mol. The smallest absolute Gasteiger partial charge is 0.305 e. The third-order valence-corrected chi connectivity index (χ3v) is 3.40. The lowest BCUT2D eigenvalue weighted by Crippen LogP contribution is -2.16. The number of rotatable bonds is 3. The quantitative estimate of drug-likeness (QED) is 0.790. The second-order valence-electron chi connectivity index (χ2n) is 5.16. The number of halogens is 3. The van der Waals surface area contributed by atoms with E-state index in [2.05, 4.69) is 20.4 Å². The summed E-state index contributed by atoms with van der Waals surface area (Å²) in [6, 6.07) is 7.64. The number of aromatic nitrogens is 4. The van der Waals surface area contributed by atoms with Crippen LogP contribution >= 0.6 is 0 Å². The summed E-state index contributed by atoms with van der Waals surface area (Å²) < 4.78 is 38.9. The molecule has 0 aliphatic carbocycles. The van der Waals surface area contributed by atoms with E-state index in [-0.39, 0.29) is 11.5 Å². The molecular formula is C16H12F3N5O. The van der Waals surface area contributed by atoms with Crippen molar-refractivity contribution >= 4 is 11.7 Å². The van der Waals surface area contributed by atoms with Crippen LogP contribution in [0.1, 0.15) is 16.2 Å². The molecule has 3 aromatic heterocycles. The SMILES string of the molecule is Cn1nc(C(F)(F)F)cc1C(=O)Nc1cc(-c2cccnc2)ccn1. The summed E-state index contributed by atoms with van der Waals surface area (Å²) >= 11 is 0. The van der Waals surface area contributed by atoms with E-state index in [0.29, 0.717) is 6.07 Å². The minimum atomic E-state index is -4.62. The first-order valence-electron chi connectivity index (χ1n) is 7.13. The van der Waals surface area contributed by atoms with Gasteiger partial charge in [-0.05, 0) is 23.8 Å². The molecule has 0 unspecified atom stereocenters. The van der Waals surface area contributed by atoms with Crippen molar-refractivity contribution in [3.63, 3.8) is 0 Å². The van der Waals surface area contributed by atoms with Crippen LogP contribution in [-0.2, 0) is 13.2 Å². The molecule has 1 N–H and O–H groups in total. The van der Waals surface area contributed by atoms with Crippen LogP contribution in [0.15, 0.2) is 48.9 Å². The lowest BCUT2D eigenvalue weighted by molar-refractivity contribution is -0.141. The highest BCUT2D eigenvalue weighted by atomic mass is 19.4. The van der Waals surface area contributed by atoms with Crippen LogP contribution in [0.25, 0.3) is 11.1 Å². The zero-order valence-corrected chi connectivity index (χ0v) is 12.9. The lowest BCUT2D eigenvalue weighted by atomic mass is 10.1. The lowest BCUT2D eigenvalue weighted by Gasteiger charge is -2.06. The Hall–Kier alpha value is -3.23. The van der Waals surface area contributed by atoms with Gasteiger partial charge in [-0.2, -0.15) is 18.3 Å². The van der Waals surface area contributed by atoms with Crippen LogP contribution in [-0.4, -0.2) is 25.7 Å². The van der Waals surface area contributed by atoms with Gasteiger partial charge < -0.3 is 5.32 Å². The summed E-state index contributed by atoms with van der Waals surface area (Å²) in [5, 5.41) is 5.79. The topological polar surface area (TPSA) is 72.7 Å². The Morgan fingerprint density at radius 2 is 1.96 bits per heavy atom. The summed E-state index contributed by atoms with van der Waals surface area (Å²) in [5.41, 5.74) is 0.234. The minimum Gasteiger partial charge on any atom is -0.305 e. The van der Waals surface area contributed by atoms with E-state index in [4.69, 9.17) is 0 Å². The number of aryl methyl sites for hydroxylation is 1. The zero-order chi connectivity index (χ0) is 18.0. The average Bonchev–Trinajstić information content (AvgIpc) is 2.98. The van der Waals surface area contributed by atoms with Gasteiger partial charge in [0.15, 0.2) is 5.69 Å². The number of carbonyl (C=O) groups is 1. The Labute approximate surface area is 140 Å². The molecule has 0 saturated heterocycles. The average molecular weight is 347 g/mol. The number of hydrogen-bond acceptors (Lipinski definition) is 4. The molecule has 9 heteroatoms. The van der Waals surface area contributed by atoms with Crippen LogP contribution in [0.3, 0.4) is 0 Å². The molecule has 25 heavy (non-hydrogen) atoms. The Morgan fingerprint density at radius 3 is 2.60 bits per heavy atom. The summed E-state index contributed by atoms with van der Waals surface area (Å²) in [6.07, 6.45) is 0.156. The number of nitrogens with zero attached hydrogens (tertiary/aromatic N) is 4. The minimum absolute atomic E-state index is 0.209. The molecule has 3 rings (SSSR count). The van der Waals surface area contributed by atoms with E-state index in [1.54, 1.807) is 30.6 Å². The summed E-state index contributed by atoms with van der Waals surface area (Å²) in [5.74, 6) is -0.526. The first kappa shape index (κ1) is 16.6. The Balaban J connectivity index is 1.84. The first-order valence-corrected chi connectivity index (χ1v) is 7.13. The molecule has 0 saturated carbocycles. The van der Waals surface area contributed by atoms with Gasteiger partial charge in [0.2, 0.25) is 0 Å². The van der Waals surface area contributed by atoms with E-state index >= 15 is 0 Å². The third kappa shape index (κ3) is 3.65. The number of pyridine rings is 2. The van der Waals surface area contributed by atoms with Crippen LogP contribution in [0.2, 0.25) is 0 Å². The Kier molecular flexibility index (Phi) is 4.22. The number of carbonyl (C=O) groups excluding carboxylic acids is 1. The molecule has 128 valence electrons. The standard InChI is InChI=1S/C16H12F3N5O/c1-24-12(8-13(23-24)16(17,18)19)15(25)22-14-7-10(4-6-21-14)11-3-2-5-20-9-11/h2-9H,1H3,(H,21,22,25). The maximum absolute atomic E-state index is 12.7. The fourth-order valence-corrected chi connectivity index (χ4v) is 2.21. The summed E-state index contributed by atoms with van der Waals surface area (Å²) in [7, 11) is 1.27. The van der Waals surface area contributed by atoms with Crippen molar-refractivity contribution in [3.8, 4) is 11.1 Å². The molecule has 0 bridgehead atoms. The second kappa shape index (κ2) is 6.34. The molecule has 0 aliphatic rings. The predicted octanol–water partition coefficient (Wildman–Crippen LogP) is 3.15. The molecule has 0 radical (unpaired) electrons. The van der Waals surface area contributed by atoms with Gasteiger partial charge in [-0.3, -0.25) is 14.5 Å². The van der Waals surface area contributed by atoms with Crippen molar-refractivity contribution in [3.05, 3.63) is 60.3 Å². The maximum atomic E-state index is 12.7.